The van der Waals surface area contributed by atoms with Crippen LogP contribution in [-0.2, 0) is 0 Å². The van der Waals surface area contributed by atoms with Crippen LogP contribution in [0.3, 0.4) is 0 Å². The van der Waals surface area contributed by atoms with Gasteiger partial charge in [-0.2, -0.15) is 5.10 Å². The number of nitrogens with zero attached hydrogens (tertiary/aromatic N) is 5. The SMILES string of the molecule is O=c1[nH]c(-n2ccnc2)nc2cnn(-c3ccccc3)c12. The third-order valence-electron chi connectivity index (χ3n) is 3.17. The Morgan fingerprint density at radius 3 is 2.76 bits per heavy atom. The van der Waals surface area contributed by atoms with Crippen molar-refractivity contribution in [3.05, 3.63) is 65.6 Å². The standard InChI is InChI=1S/C14H10N6O/c21-13-12-11(17-14(18-13)19-7-6-15-9-19)8-16-20(12)10-4-2-1-3-5-10/h1-9H,(H,17,18,21). The van der Waals surface area contributed by atoms with Crippen molar-refractivity contribution in [3.8, 4) is 11.6 Å². The van der Waals surface area contributed by atoms with Crippen LogP contribution in [0, 0.1) is 0 Å². The lowest BCUT2D eigenvalue weighted by molar-refractivity contribution is 0.893. The quantitative estimate of drug-likeness (QED) is 0.599. The van der Waals surface area contributed by atoms with Crippen molar-refractivity contribution >= 4 is 11.0 Å². The van der Waals surface area contributed by atoms with Gasteiger partial charge in [0.1, 0.15) is 11.8 Å². The minimum Gasteiger partial charge on any atom is -0.290 e. The fourth-order valence-corrected chi connectivity index (χ4v) is 2.21. The Hall–Kier alpha value is -3.22. The number of hydrogen-bond acceptors (Lipinski definition) is 4. The van der Waals surface area contributed by atoms with Crippen molar-refractivity contribution in [3.63, 3.8) is 0 Å². The molecule has 0 amide bonds. The summed E-state index contributed by atoms with van der Waals surface area (Å²) >= 11 is 0. The lowest BCUT2D eigenvalue weighted by atomic mass is 10.3. The zero-order valence-electron chi connectivity index (χ0n) is 10.8. The average molecular weight is 278 g/mol. The molecule has 3 aromatic heterocycles. The molecule has 0 atom stereocenters. The number of aromatic nitrogens is 6. The number of nitrogens with one attached hydrogen (secondary N) is 1. The largest absolute Gasteiger partial charge is 0.290 e. The molecule has 0 aliphatic heterocycles. The molecule has 1 aromatic carbocycles. The van der Waals surface area contributed by atoms with Crippen molar-refractivity contribution in [2.45, 2.75) is 0 Å². The van der Waals surface area contributed by atoms with Crippen LogP contribution in [0.15, 0.2) is 60.0 Å². The van der Waals surface area contributed by atoms with Gasteiger partial charge in [0.15, 0.2) is 5.52 Å². The van der Waals surface area contributed by atoms with E-state index in [0.29, 0.717) is 17.0 Å². The number of benzene rings is 1. The molecule has 1 N–H and O–H groups in total. The van der Waals surface area contributed by atoms with Crippen molar-refractivity contribution in [1.82, 2.24) is 29.3 Å². The highest BCUT2D eigenvalue weighted by molar-refractivity contribution is 5.75. The lowest BCUT2D eigenvalue weighted by Crippen LogP contribution is -2.15. The van der Waals surface area contributed by atoms with Crippen LogP contribution >= 0.6 is 0 Å². The van der Waals surface area contributed by atoms with Gasteiger partial charge in [0.05, 0.1) is 11.9 Å². The fraction of sp³-hybridized carbons (Fsp3) is 0. The van der Waals surface area contributed by atoms with Crippen molar-refractivity contribution in [2.75, 3.05) is 0 Å². The molecule has 0 radical (unpaired) electrons. The normalized spacial score (nSPS) is 11.0. The van der Waals surface area contributed by atoms with Gasteiger partial charge in [-0.25, -0.2) is 14.6 Å². The van der Waals surface area contributed by atoms with Gasteiger partial charge in [-0.1, -0.05) is 18.2 Å². The number of H-pyrrole nitrogens is 1. The van der Waals surface area contributed by atoms with E-state index in [9.17, 15) is 4.79 Å². The Labute approximate surface area is 118 Å². The summed E-state index contributed by atoms with van der Waals surface area (Å²) in [5, 5.41) is 4.26. The van der Waals surface area contributed by atoms with Crippen LogP contribution in [-0.4, -0.2) is 29.3 Å². The highest BCUT2D eigenvalue weighted by Gasteiger charge is 2.12. The zero-order valence-corrected chi connectivity index (χ0v) is 10.8. The number of fused-ring (bicyclic) bond motifs is 1. The first kappa shape index (κ1) is 11.6. The molecule has 3 heterocycles. The molecule has 0 unspecified atom stereocenters. The van der Waals surface area contributed by atoms with Crippen LogP contribution in [0.1, 0.15) is 0 Å². The molecule has 4 aromatic rings. The summed E-state index contributed by atoms with van der Waals surface area (Å²) in [4.78, 5) is 23.5. The van der Waals surface area contributed by atoms with Crippen LogP contribution < -0.4 is 5.56 Å². The van der Waals surface area contributed by atoms with E-state index >= 15 is 0 Å². The van der Waals surface area contributed by atoms with Crippen LogP contribution in [0.4, 0.5) is 0 Å². The maximum absolute atomic E-state index is 12.4. The zero-order chi connectivity index (χ0) is 14.2. The molecule has 0 aliphatic carbocycles. The smallest absolute Gasteiger partial charge is 0.278 e. The third-order valence-corrected chi connectivity index (χ3v) is 3.17. The Balaban J connectivity index is 1.96. The molecular weight excluding hydrogens is 268 g/mol. The summed E-state index contributed by atoms with van der Waals surface area (Å²) in [6.07, 6.45) is 6.49. The first-order chi connectivity index (χ1) is 10.3. The minimum absolute atomic E-state index is 0.245. The topological polar surface area (TPSA) is 81.4 Å². The molecule has 0 fully saturated rings. The summed E-state index contributed by atoms with van der Waals surface area (Å²) in [6.45, 7) is 0. The predicted octanol–water partition coefficient (Wildman–Crippen LogP) is 1.29. The van der Waals surface area contributed by atoms with E-state index < -0.39 is 0 Å². The van der Waals surface area contributed by atoms with E-state index in [1.807, 2.05) is 30.3 Å². The summed E-state index contributed by atoms with van der Waals surface area (Å²) in [5.41, 5.74) is 1.52. The van der Waals surface area contributed by atoms with Crippen molar-refractivity contribution < 1.29 is 0 Å². The second-order valence-electron chi connectivity index (χ2n) is 4.49. The fourth-order valence-electron chi connectivity index (χ4n) is 2.21. The summed E-state index contributed by atoms with van der Waals surface area (Å²) in [7, 11) is 0. The van der Waals surface area contributed by atoms with Crippen molar-refractivity contribution in [2.24, 2.45) is 0 Å². The molecular formula is C14H10N6O. The van der Waals surface area contributed by atoms with Gasteiger partial charge in [0.2, 0.25) is 5.95 Å². The second kappa shape index (κ2) is 4.41. The van der Waals surface area contributed by atoms with E-state index in [1.54, 1.807) is 34.2 Å². The molecule has 0 aliphatic rings. The van der Waals surface area contributed by atoms with Gasteiger partial charge in [-0.05, 0) is 12.1 Å². The third kappa shape index (κ3) is 1.83. The maximum Gasteiger partial charge on any atom is 0.278 e. The first-order valence-corrected chi connectivity index (χ1v) is 6.35. The van der Waals surface area contributed by atoms with E-state index in [4.69, 9.17) is 0 Å². The van der Waals surface area contributed by atoms with Gasteiger partial charge < -0.3 is 0 Å². The number of hydrogen-bond donors (Lipinski definition) is 1. The predicted molar refractivity (Wildman–Crippen MR) is 76.6 cm³/mol. The van der Waals surface area contributed by atoms with Gasteiger partial charge >= 0.3 is 0 Å². The van der Waals surface area contributed by atoms with Gasteiger partial charge in [0.25, 0.3) is 5.56 Å². The number of para-hydroxylation sites is 1. The highest BCUT2D eigenvalue weighted by atomic mass is 16.1. The van der Waals surface area contributed by atoms with E-state index in [0.717, 1.165) is 5.69 Å². The van der Waals surface area contributed by atoms with Crippen LogP contribution in [0.25, 0.3) is 22.7 Å². The Bertz CT molecular complexity index is 952. The molecule has 0 spiro atoms. The first-order valence-electron chi connectivity index (χ1n) is 6.35. The number of imidazole rings is 1. The lowest BCUT2D eigenvalue weighted by Gasteiger charge is -2.03. The molecule has 0 bridgehead atoms. The summed E-state index contributed by atoms with van der Waals surface area (Å²) in [5.74, 6) is 0.414. The molecule has 21 heavy (non-hydrogen) atoms. The summed E-state index contributed by atoms with van der Waals surface area (Å²) in [6, 6.07) is 9.47. The Morgan fingerprint density at radius 2 is 2.00 bits per heavy atom. The monoisotopic (exact) mass is 278 g/mol. The van der Waals surface area contributed by atoms with Crippen LogP contribution in [0.5, 0.6) is 0 Å². The van der Waals surface area contributed by atoms with E-state index in [1.165, 1.54) is 0 Å². The minimum atomic E-state index is -0.245. The highest BCUT2D eigenvalue weighted by Crippen LogP contribution is 2.13. The second-order valence-corrected chi connectivity index (χ2v) is 4.49. The van der Waals surface area contributed by atoms with E-state index in [-0.39, 0.29) is 5.56 Å². The molecule has 4 rings (SSSR count). The molecule has 102 valence electrons. The van der Waals surface area contributed by atoms with Crippen LogP contribution in [0.2, 0.25) is 0 Å². The van der Waals surface area contributed by atoms with Crippen molar-refractivity contribution in [1.29, 1.82) is 0 Å². The van der Waals surface area contributed by atoms with Gasteiger partial charge in [-0.3, -0.25) is 14.3 Å². The molecule has 7 heteroatoms. The number of aromatic amines is 1. The van der Waals surface area contributed by atoms with E-state index in [2.05, 4.69) is 20.1 Å². The average Bonchev–Trinajstić information content (AvgIpc) is 3.17. The molecule has 0 saturated heterocycles. The Kier molecular flexibility index (Phi) is 2.43. The van der Waals surface area contributed by atoms with Gasteiger partial charge in [-0.15, -0.1) is 0 Å². The Morgan fingerprint density at radius 1 is 1.14 bits per heavy atom. The summed E-state index contributed by atoms with van der Waals surface area (Å²) < 4.78 is 3.22. The van der Waals surface area contributed by atoms with Gasteiger partial charge in [0, 0.05) is 12.4 Å². The number of rotatable bonds is 2. The maximum atomic E-state index is 12.4. The molecule has 0 saturated carbocycles. The molecule has 7 nitrogen and oxygen atoms in total.